The Morgan fingerprint density at radius 3 is 1.31 bits per heavy atom. The van der Waals surface area contributed by atoms with Crippen LogP contribution in [-0.2, 0) is 4.57 Å². The molecule has 3 nitrogen and oxygen atoms in total. The summed E-state index contributed by atoms with van der Waals surface area (Å²) in [7, 11) is -2.42. The molecule has 0 amide bonds. The lowest BCUT2D eigenvalue weighted by atomic mass is 9.84. The van der Waals surface area contributed by atoms with Gasteiger partial charge in [-0.3, -0.25) is 9.97 Å². The van der Waals surface area contributed by atoms with Crippen LogP contribution in [0.3, 0.4) is 0 Å². The molecule has 0 radical (unpaired) electrons. The minimum absolute atomic E-state index is 0.889. The molecular formula is C44H33N2OP. The Labute approximate surface area is 281 Å². The first kappa shape index (κ1) is 29.8. The minimum atomic E-state index is -2.42. The van der Waals surface area contributed by atoms with Gasteiger partial charge in [0.1, 0.15) is 7.14 Å². The minimum Gasteiger partial charge on any atom is -0.319 e. The molecule has 0 aliphatic heterocycles. The molecule has 0 bridgehead atoms. The molecule has 0 aliphatic rings. The number of rotatable bonds is 6. The Morgan fingerprint density at radius 1 is 0.375 bits per heavy atom. The highest BCUT2D eigenvalue weighted by molar-refractivity contribution is 7.70. The highest BCUT2D eigenvalue weighted by Gasteiger charge is 2.19. The number of aromatic nitrogens is 2. The standard InChI is InChI=1S/C44H33N2OP/c1-48(2,47)38-7-5-6-36(28-38)37-18-19-41-42(29-37)44(35-16-12-31(13-17-35)33-22-26-46-27-23-33)40-9-4-3-8-39(40)43(41)34-14-10-30(11-15-34)32-20-24-45-25-21-32/h3-29H,1-2H3. The molecule has 0 aliphatic carbocycles. The van der Waals surface area contributed by atoms with Gasteiger partial charge in [0, 0.05) is 30.1 Å². The van der Waals surface area contributed by atoms with E-state index in [1.165, 1.54) is 38.2 Å². The van der Waals surface area contributed by atoms with Crippen LogP contribution >= 0.6 is 7.14 Å². The number of hydrogen-bond donors (Lipinski definition) is 0. The summed E-state index contributed by atoms with van der Waals surface area (Å²) in [5.41, 5.74) is 11.5. The van der Waals surface area contributed by atoms with Crippen LogP contribution in [0.1, 0.15) is 0 Å². The van der Waals surface area contributed by atoms with Gasteiger partial charge in [-0.25, -0.2) is 0 Å². The van der Waals surface area contributed by atoms with E-state index in [2.05, 4.69) is 113 Å². The number of pyridine rings is 2. The highest BCUT2D eigenvalue weighted by atomic mass is 31.2. The van der Waals surface area contributed by atoms with Crippen LogP contribution in [0.15, 0.2) is 164 Å². The Morgan fingerprint density at radius 2 is 0.792 bits per heavy atom. The second kappa shape index (κ2) is 12.2. The van der Waals surface area contributed by atoms with Crippen molar-refractivity contribution in [2.45, 2.75) is 0 Å². The van der Waals surface area contributed by atoms with E-state index >= 15 is 0 Å². The topological polar surface area (TPSA) is 42.9 Å². The highest BCUT2D eigenvalue weighted by Crippen LogP contribution is 2.45. The zero-order valence-corrected chi connectivity index (χ0v) is 27.7. The summed E-state index contributed by atoms with van der Waals surface area (Å²) in [4.78, 5) is 8.38. The maximum Gasteiger partial charge on any atom is 0.109 e. The van der Waals surface area contributed by atoms with Gasteiger partial charge in [-0.05, 0) is 127 Å². The SMILES string of the molecule is CP(C)(=O)c1cccc(-c2ccc3c(-c4ccc(-c5ccncc5)cc4)c4ccccc4c(-c4ccc(-c5ccncc5)cc4)c3c2)c1. The van der Waals surface area contributed by atoms with Gasteiger partial charge < -0.3 is 4.57 Å². The molecule has 0 spiro atoms. The van der Waals surface area contributed by atoms with Crippen LogP contribution in [0.4, 0.5) is 0 Å². The van der Waals surface area contributed by atoms with Crippen molar-refractivity contribution in [1.29, 1.82) is 0 Å². The van der Waals surface area contributed by atoms with Crippen molar-refractivity contribution in [2.24, 2.45) is 0 Å². The van der Waals surface area contributed by atoms with Crippen LogP contribution in [0.5, 0.6) is 0 Å². The summed E-state index contributed by atoms with van der Waals surface area (Å²) in [6, 6.07) is 49.6. The van der Waals surface area contributed by atoms with Gasteiger partial charge in [-0.2, -0.15) is 0 Å². The third-order valence-corrected chi connectivity index (χ3v) is 10.7. The van der Waals surface area contributed by atoms with Crippen molar-refractivity contribution in [3.8, 4) is 55.6 Å². The van der Waals surface area contributed by atoms with Crippen molar-refractivity contribution in [3.63, 3.8) is 0 Å². The molecule has 48 heavy (non-hydrogen) atoms. The average molecular weight is 637 g/mol. The first-order valence-electron chi connectivity index (χ1n) is 16.1. The predicted molar refractivity (Wildman–Crippen MR) is 203 cm³/mol. The summed E-state index contributed by atoms with van der Waals surface area (Å²) in [6.45, 7) is 3.66. The fourth-order valence-corrected chi connectivity index (χ4v) is 7.64. The molecule has 0 fully saturated rings. The Bertz CT molecular complexity index is 2470. The maximum absolute atomic E-state index is 13.0. The smallest absolute Gasteiger partial charge is 0.109 e. The summed E-state index contributed by atoms with van der Waals surface area (Å²) < 4.78 is 13.0. The van der Waals surface area contributed by atoms with Crippen molar-refractivity contribution in [1.82, 2.24) is 9.97 Å². The van der Waals surface area contributed by atoms with E-state index in [9.17, 15) is 4.57 Å². The number of nitrogens with zero attached hydrogens (tertiary/aromatic N) is 2. The molecule has 0 unspecified atom stereocenters. The van der Waals surface area contributed by atoms with Crippen molar-refractivity contribution < 1.29 is 4.57 Å². The van der Waals surface area contributed by atoms with Crippen molar-refractivity contribution >= 4 is 34.0 Å². The lowest BCUT2D eigenvalue weighted by Crippen LogP contribution is -2.02. The molecule has 6 aromatic carbocycles. The van der Waals surface area contributed by atoms with E-state index < -0.39 is 7.14 Å². The van der Waals surface area contributed by atoms with E-state index in [0.717, 1.165) is 44.2 Å². The predicted octanol–water partition coefficient (Wildman–Crippen LogP) is 11.4. The Hall–Kier alpha value is -5.63. The van der Waals surface area contributed by atoms with Gasteiger partial charge in [-0.15, -0.1) is 0 Å². The van der Waals surface area contributed by atoms with Gasteiger partial charge in [-0.1, -0.05) is 103 Å². The first-order chi connectivity index (χ1) is 23.4. The van der Waals surface area contributed by atoms with Crippen molar-refractivity contribution in [3.05, 3.63) is 164 Å². The molecule has 0 N–H and O–H groups in total. The van der Waals surface area contributed by atoms with Gasteiger partial charge in [0.2, 0.25) is 0 Å². The third-order valence-electron chi connectivity index (χ3n) is 9.20. The summed E-state index contributed by atoms with van der Waals surface area (Å²) in [5, 5.41) is 5.67. The molecule has 230 valence electrons. The second-order valence-electron chi connectivity index (χ2n) is 12.6. The van der Waals surface area contributed by atoms with Crippen LogP contribution in [0, 0.1) is 0 Å². The van der Waals surface area contributed by atoms with E-state index in [0.29, 0.717) is 0 Å². The van der Waals surface area contributed by atoms with Gasteiger partial charge >= 0.3 is 0 Å². The normalized spacial score (nSPS) is 11.6. The Kier molecular flexibility index (Phi) is 7.56. The third kappa shape index (κ3) is 5.53. The number of benzene rings is 6. The van der Waals surface area contributed by atoms with Crippen molar-refractivity contribution in [2.75, 3.05) is 13.3 Å². The molecule has 4 heteroatoms. The van der Waals surface area contributed by atoms with E-state index in [1.54, 1.807) is 0 Å². The van der Waals surface area contributed by atoms with Gasteiger partial charge in [0.25, 0.3) is 0 Å². The molecule has 2 heterocycles. The van der Waals surface area contributed by atoms with Gasteiger partial charge in [0.05, 0.1) is 0 Å². The van der Waals surface area contributed by atoms with Gasteiger partial charge in [0.15, 0.2) is 0 Å². The lowest BCUT2D eigenvalue weighted by molar-refractivity contribution is 0.588. The maximum atomic E-state index is 13.0. The van der Waals surface area contributed by atoms with Crippen LogP contribution in [0.2, 0.25) is 0 Å². The largest absolute Gasteiger partial charge is 0.319 e. The summed E-state index contributed by atoms with van der Waals surface area (Å²) in [6.07, 6.45) is 7.33. The number of hydrogen-bond acceptors (Lipinski definition) is 3. The molecule has 8 aromatic rings. The molecule has 2 aromatic heterocycles. The van der Waals surface area contributed by atoms with Crippen LogP contribution in [0.25, 0.3) is 77.2 Å². The van der Waals surface area contributed by atoms with Crippen LogP contribution < -0.4 is 5.30 Å². The zero-order valence-electron chi connectivity index (χ0n) is 26.8. The lowest BCUT2D eigenvalue weighted by Gasteiger charge is -2.19. The molecule has 0 saturated carbocycles. The van der Waals surface area contributed by atoms with Crippen LogP contribution in [-0.4, -0.2) is 23.3 Å². The molecule has 0 saturated heterocycles. The second-order valence-corrected chi connectivity index (χ2v) is 15.8. The molecule has 0 atom stereocenters. The fraction of sp³-hybridized carbons (Fsp3) is 0.0455. The Balaban J connectivity index is 1.38. The zero-order chi connectivity index (χ0) is 32.7. The first-order valence-corrected chi connectivity index (χ1v) is 18.7. The summed E-state index contributed by atoms with van der Waals surface area (Å²) >= 11 is 0. The monoisotopic (exact) mass is 636 g/mol. The molecular weight excluding hydrogens is 603 g/mol. The van der Waals surface area contributed by atoms with E-state index in [-0.39, 0.29) is 0 Å². The fourth-order valence-electron chi connectivity index (χ4n) is 6.75. The van der Waals surface area contributed by atoms with E-state index in [1.807, 2.05) is 74.5 Å². The number of fused-ring (bicyclic) bond motifs is 2. The molecule has 8 rings (SSSR count). The summed E-state index contributed by atoms with van der Waals surface area (Å²) in [5.74, 6) is 0. The quantitative estimate of drug-likeness (QED) is 0.135. The van der Waals surface area contributed by atoms with E-state index in [4.69, 9.17) is 0 Å². The average Bonchev–Trinajstić information content (AvgIpc) is 3.14.